The number of piperidine rings is 1. The molecule has 8 heteroatoms. The van der Waals surface area contributed by atoms with Crippen LogP contribution in [-0.2, 0) is 13.1 Å². The van der Waals surface area contributed by atoms with Gasteiger partial charge < -0.3 is 28.9 Å². The fourth-order valence-electron chi connectivity index (χ4n) is 5.20. The van der Waals surface area contributed by atoms with E-state index in [-0.39, 0.29) is 11.6 Å². The molecule has 2 aliphatic rings. The first-order valence-corrected chi connectivity index (χ1v) is 12.2. The van der Waals surface area contributed by atoms with Crippen molar-refractivity contribution in [2.45, 2.75) is 38.9 Å². The van der Waals surface area contributed by atoms with E-state index in [1.165, 1.54) is 0 Å². The lowest BCUT2D eigenvalue weighted by Gasteiger charge is -2.37. The molecule has 2 aromatic carbocycles. The normalized spacial score (nSPS) is 16.4. The highest BCUT2D eigenvalue weighted by Crippen LogP contribution is 2.31. The standard InChI is InChI=1S/C27H31N3O5/c1-19-3-2-4-21-6-8-25(31)29(26(19)21)14-13-28-11-9-22(10-12-28)30(27(32)33)18-20-5-7-23-24(17-20)35-16-15-34-23/h2-8,17,22H,9-16,18H2,1H3,(H,32,33). The third-order valence-corrected chi connectivity index (χ3v) is 7.05. The molecule has 184 valence electrons. The minimum Gasteiger partial charge on any atom is -0.486 e. The molecule has 1 amide bonds. The smallest absolute Gasteiger partial charge is 0.407 e. The number of carbonyl (C=O) groups is 1. The first kappa shape index (κ1) is 23.2. The lowest BCUT2D eigenvalue weighted by atomic mass is 10.0. The SMILES string of the molecule is Cc1cccc2ccc(=O)n(CCN3CCC(N(Cc4ccc5c(c4)OCCO5)C(=O)O)CC3)c12. The Balaban J connectivity index is 1.21. The van der Waals surface area contributed by atoms with Crippen LogP contribution >= 0.6 is 0 Å². The number of nitrogens with zero attached hydrogens (tertiary/aromatic N) is 3. The van der Waals surface area contributed by atoms with Gasteiger partial charge in [0.25, 0.3) is 5.56 Å². The fraction of sp³-hybridized carbons (Fsp3) is 0.407. The Morgan fingerprint density at radius 1 is 1.03 bits per heavy atom. The molecule has 1 saturated heterocycles. The summed E-state index contributed by atoms with van der Waals surface area (Å²) in [5.41, 5.74) is 2.99. The van der Waals surface area contributed by atoms with E-state index in [0.29, 0.717) is 37.8 Å². The summed E-state index contributed by atoms with van der Waals surface area (Å²) >= 11 is 0. The molecule has 0 bridgehead atoms. The largest absolute Gasteiger partial charge is 0.486 e. The molecule has 0 radical (unpaired) electrons. The van der Waals surface area contributed by atoms with Crippen molar-refractivity contribution in [2.75, 3.05) is 32.8 Å². The van der Waals surface area contributed by atoms with Gasteiger partial charge in [0, 0.05) is 44.8 Å². The van der Waals surface area contributed by atoms with Crippen LogP contribution in [0.25, 0.3) is 10.9 Å². The molecule has 35 heavy (non-hydrogen) atoms. The quantitative estimate of drug-likeness (QED) is 0.583. The number of amides is 1. The minimum absolute atomic E-state index is 0.0122. The zero-order valence-corrected chi connectivity index (χ0v) is 20.0. The van der Waals surface area contributed by atoms with Crippen LogP contribution in [0.4, 0.5) is 4.79 Å². The molecule has 1 N–H and O–H groups in total. The van der Waals surface area contributed by atoms with Gasteiger partial charge in [-0.2, -0.15) is 0 Å². The Kier molecular flexibility index (Phi) is 6.63. The zero-order chi connectivity index (χ0) is 24.4. The van der Waals surface area contributed by atoms with Gasteiger partial charge in [0.05, 0.1) is 5.52 Å². The second-order valence-electron chi connectivity index (χ2n) is 9.30. The van der Waals surface area contributed by atoms with Gasteiger partial charge in [0.1, 0.15) is 13.2 Å². The molecular formula is C27H31N3O5. The summed E-state index contributed by atoms with van der Waals surface area (Å²) in [6.07, 6.45) is 0.622. The summed E-state index contributed by atoms with van der Waals surface area (Å²) in [5, 5.41) is 11.0. The molecule has 0 unspecified atom stereocenters. The Morgan fingerprint density at radius 2 is 1.80 bits per heavy atom. The molecule has 1 aromatic heterocycles. The van der Waals surface area contributed by atoms with E-state index in [4.69, 9.17) is 9.47 Å². The molecule has 1 fully saturated rings. The van der Waals surface area contributed by atoms with Crippen molar-refractivity contribution < 1.29 is 19.4 Å². The van der Waals surface area contributed by atoms with Crippen LogP contribution < -0.4 is 15.0 Å². The summed E-state index contributed by atoms with van der Waals surface area (Å²) < 4.78 is 13.1. The Morgan fingerprint density at radius 3 is 2.57 bits per heavy atom. The number of benzene rings is 2. The highest BCUT2D eigenvalue weighted by Gasteiger charge is 2.28. The van der Waals surface area contributed by atoms with Crippen molar-refractivity contribution in [1.29, 1.82) is 0 Å². The van der Waals surface area contributed by atoms with Gasteiger partial charge in [-0.15, -0.1) is 0 Å². The number of likely N-dealkylation sites (tertiary alicyclic amines) is 1. The van der Waals surface area contributed by atoms with Crippen LogP contribution in [-0.4, -0.2) is 64.5 Å². The van der Waals surface area contributed by atoms with Crippen molar-refractivity contribution in [3.05, 3.63) is 70.0 Å². The summed E-state index contributed by atoms with van der Waals surface area (Å²) in [4.78, 5) is 28.6. The zero-order valence-electron chi connectivity index (χ0n) is 20.0. The number of hydrogen-bond acceptors (Lipinski definition) is 5. The van der Waals surface area contributed by atoms with Gasteiger partial charge in [0.15, 0.2) is 11.5 Å². The molecule has 0 aliphatic carbocycles. The third-order valence-electron chi connectivity index (χ3n) is 7.05. The summed E-state index contributed by atoms with van der Waals surface area (Å²) in [5.74, 6) is 1.38. The molecule has 0 spiro atoms. The van der Waals surface area contributed by atoms with Crippen molar-refractivity contribution >= 4 is 17.0 Å². The number of pyridine rings is 1. The topological polar surface area (TPSA) is 84.2 Å². The van der Waals surface area contributed by atoms with Crippen molar-refractivity contribution in [2.24, 2.45) is 0 Å². The van der Waals surface area contributed by atoms with E-state index in [1.54, 1.807) is 11.0 Å². The first-order chi connectivity index (χ1) is 17.0. The second-order valence-corrected chi connectivity index (χ2v) is 9.30. The van der Waals surface area contributed by atoms with Gasteiger partial charge in [-0.05, 0) is 54.5 Å². The Hall–Kier alpha value is -3.52. The Bertz CT molecular complexity index is 1280. The molecule has 3 aromatic rings. The maximum absolute atomic E-state index is 12.6. The molecule has 2 aliphatic heterocycles. The van der Waals surface area contributed by atoms with E-state index in [2.05, 4.69) is 4.90 Å². The van der Waals surface area contributed by atoms with E-state index in [9.17, 15) is 14.7 Å². The third kappa shape index (κ3) is 4.98. The van der Waals surface area contributed by atoms with Gasteiger partial charge in [0.2, 0.25) is 0 Å². The number of fused-ring (bicyclic) bond motifs is 2. The van der Waals surface area contributed by atoms with Crippen LogP contribution in [0.1, 0.15) is 24.0 Å². The highest BCUT2D eigenvalue weighted by atomic mass is 16.6. The molecule has 0 atom stereocenters. The predicted octanol–water partition coefficient (Wildman–Crippen LogP) is 3.73. The van der Waals surface area contributed by atoms with Crippen molar-refractivity contribution in [3.8, 4) is 11.5 Å². The number of carboxylic acid groups (broad SMARTS) is 1. The lowest BCUT2D eigenvalue weighted by Crippen LogP contribution is -2.47. The van der Waals surface area contributed by atoms with Gasteiger partial charge in [-0.1, -0.05) is 24.3 Å². The summed E-state index contributed by atoms with van der Waals surface area (Å²) in [6.45, 7) is 6.36. The Labute approximate surface area is 204 Å². The number of ether oxygens (including phenoxy) is 2. The molecule has 5 rings (SSSR count). The molecule has 0 saturated carbocycles. The van der Waals surface area contributed by atoms with Crippen LogP contribution in [0, 0.1) is 6.92 Å². The number of aromatic nitrogens is 1. The predicted molar refractivity (Wildman–Crippen MR) is 133 cm³/mol. The monoisotopic (exact) mass is 477 g/mol. The summed E-state index contributed by atoms with van der Waals surface area (Å²) in [6, 6.07) is 15.2. The van der Waals surface area contributed by atoms with E-state index >= 15 is 0 Å². The fourth-order valence-corrected chi connectivity index (χ4v) is 5.20. The minimum atomic E-state index is -0.906. The number of hydrogen-bond donors (Lipinski definition) is 1. The maximum Gasteiger partial charge on any atom is 0.407 e. The molecule has 3 heterocycles. The van der Waals surface area contributed by atoms with Crippen molar-refractivity contribution in [1.82, 2.24) is 14.4 Å². The van der Waals surface area contributed by atoms with Gasteiger partial charge >= 0.3 is 6.09 Å². The highest BCUT2D eigenvalue weighted by molar-refractivity contribution is 5.82. The molecule has 8 nitrogen and oxygen atoms in total. The van der Waals surface area contributed by atoms with Gasteiger partial charge in [-0.25, -0.2) is 4.79 Å². The average molecular weight is 478 g/mol. The van der Waals surface area contributed by atoms with Gasteiger partial charge in [-0.3, -0.25) is 4.79 Å². The van der Waals surface area contributed by atoms with E-state index in [1.807, 2.05) is 54.0 Å². The number of para-hydroxylation sites is 1. The van der Waals surface area contributed by atoms with Crippen LogP contribution in [0.5, 0.6) is 11.5 Å². The second kappa shape index (κ2) is 10.00. The summed E-state index contributed by atoms with van der Waals surface area (Å²) in [7, 11) is 0. The van der Waals surface area contributed by atoms with Crippen LogP contribution in [0.3, 0.4) is 0 Å². The van der Waals surface area contributed by atoms with Crippen molar-refractivity contribution in [3.63, 3.8) is 0 Å². The average Bonchev–Trinajstić information content (AvgIpc) is 2.87. The van der Waals surface area contributed by atoms with E-state index in [0.717, 1.165) is 54.5 Å². The maximum atomic E-state index is 12.6. The number of rotatable bonds is 6. The van der Waals surface area contributed by atoms with Crippen LogP contribution in [0.15, 0.2) is 53.3 Å². The van der Waals surface area contributed by atoms with Crippen LogP contribution in [0.2, 0.25) is 0 Å². The number of aryl methyl sites for hydroxylation is 1. The van der Waals surface area contributed by atoms with E-state index < -0.39 is 6.09 Å². The molecular weight excluding hydrogens is 446 g/mol. The first-order valence-electron chi connectivity index (χ1n) is 12.2. The lowest BCUT2D eigenvalue weighted by molar-refractivity contribution is 0.0856.